The molecule has 1 aliphatic rings. The van der Waals surface area contributed by atoms with Gasteiger partial charge in [-0.2, -0.15) is 0 Å². The van der Waals surface area contributed by atoms with Crippen molar-refractivity contribution >= 4 is 23.8 Å². The smallest absolute Gasteiger partial charge is 0.325 e. The monoisotopic (exact) mass is 446 g/mol. The minimum atomic E-state index is -0.747. The van der Waals surface area contributed by atoms with E-state index in [-0.39, 0.29) is 36.9 Å². The number of nitrogens with one attached hydrogen (secondary N) is 2. The van der Waals surface area contributed by atoms with Crippen LogP contribution in [0.5, 0.6) is 0 Å². The third-order valence-electron chi connectivity index (χ3n) is 5.42. The Morgan fingerprint density at radius 2 is 1.78 bits per heavy atom. The highest BCUT2D eigenvalue weighted by Gasteiger charge is 2.34. The van der Waals surface area contributed by atoms with Gasteiger partial charge in [0.1, 0.15) is 12.6 Å². The Balaban J connectivity index is 1.96. The summed E-state index contributed by atoms with van der Waals surface area (Å²) in [5.74, 6) is -0.960. The molecule has 9 heteroatoms. The van der Waals surface area contributed by atoms with Crippen LogP contribution in [-0.4, -0.2) is 78.5 Å². The summed E-state index contributed by atoms with van der Waals surface area (Å²) in [5, 5.41) is 5.08. The molecule has 0 bridgehead atoms. The molecule has 32 heavy (non-hydrogen) atoms. The van der Waals surface area contributed by atoms with Crippen molar-refractivity contribution in [2.24, 2.45) is 5.92 Å². The molecule has 1 aromatic rings. The number of carbonyl (C=O) groups excluding carboxylic acids is 4. The molecule has 0 aliphatic carbocycles. The van der Waals surface area contributed by atoms with Crippen LogP contribution >= 0.6 is 0 Å². The zero-order valence-corrected chi connectivity index (χ0v) is 19.5. The molecule has 176 valence electrons. The van der Waals surface area contributed by atoms with Crippen LogP contribution in [0.25, 0.3) is 0 Å². The molecule has 0 saturated carbocycles. The van der Waals surface area contributed by atoms with Crippen molar-refractivity contribution in [2.45, 2.75) is 46.7 Å². The molecule has 2 atom stereocenters. The maximum atomic E-state index is 13.1. The van der Waals surface area contributed by atoms with Crippen LogP contribution in [0.3, 0.4) is 0 Å². The van der Waals surface area contributed by atoms with Crippen molar-refractivity contribution in [1.29, 1.82) is 0 Å². The fourth-order valence-electron chi connectivity index (χ4n) is 3.59. The average Bonchev–Trinajstić information content (AvgIpc) is 2.75. The van der Waals surface area contributed by atoms with Crippen LogP contribution in [0, 0.1) is 12.8 Å². The highest BCUT2D eigenvalue weighted by molar-refractivity contribution is 5.95. The number of nitrogens with zero attached hydrogens (tertiary/aromatic N) is 2. The van der Waals surface area contributed by atoms with Gasteiger partial charge in [0.2, 0.25) is 5.91 Å². The Morgan fingerprint density at radius 3 is 2.34 bits per heavy atom. The number of amides is 4. The van der Waals surface area contributed by atoms with E-state index in [0.29, 0.717) is 25.2 Å². The van der Waals surface area contributed by atoms with Gasteiger partial charge in [0, 0.05) is 31.2 Å². The minimum Gasteiger partial charge on any atom is -0.465 e. The second kappa shape index (κ2) is 11.5. The molecule has 0 radical (unpaired) electrons. The molecule has 1 aliphatic heterocycles. The van der Waals surface area contributed by atoms with E-state index < -0.39 is 18.0 Å². The summed E-state index contributed by atoms with van der Waals surface area (Å²) in [7, 11) is 0. The first kappa shape index (κ1) is 25.2. The highest BCUT2D eigenvalue weighted by Crippen LogP contribution is 2.17. The molecule has 2 unspecified atom stereocenters. The first-order chi connectivity index (χ1) is 15.1. The lowest BCUT2D eigenvalue weighted by atomic mass is 10.0. The standard InChI is InChI=1S/C23H34N4O5/c1-6-32-19(28)13-24-23(31)25-20(15(2)3)22(30)26-11-12-27(17(5)14-26)21(29)18-9-7-16(4)8-10-18/h7-10,15,17,20H,6,11-14H2,1-5H3,(H2,24,25,31). The second-order valence-electron chi connectivity index (χ2n) is 8.35. The molecule has 0 spiro atoms. The zero-order chi connectivity index (χ0) is 23.8. The third kappa shape index (κ3) is 6.70. The number of hydrogen-bond donors (Lipinski definition) is 2. The molecule has 1 fully saturated rings. The Labute approximate surface area is 189 Å². The summed E-state index contributed by atoms with van der Waals surface area (Å²) in [6.45, 7) is 10.4. The molecule has 2 N–H and O–H groups in total. The van der Waals surface area contributed by atoms with E-state index in [0.717, 1.165) is 5.56 Å². The van der Waals surface area contributed by atoms with Crippen LogP contribution in [0.1, 0.15) is 43.6 Å². The van der Waals surface area contributed by atoms with Crippen LogP contribution in [0.15, 0.2) is 24.3 Å². The van der Waals surface area contributed by atoms with E-state index in [9.17, 15) is 19.2 Å². The topological polar surface area (TPSA) is 108 Å². The Kier molecular flexibility index (Phi) is 9.04. The zero-order valence-electron chi connectivity index (χ0n) is 19.5. The molecule has 9 nitrogen and oxygen atoms in total. The van der Waals surface area contributed by atoms with Gasteiger partial charge in [0.15, 0.2) is 0 Å². The van der Waals surface area contributed by atoms with Gasteiger partial charge in [-0.1, -0.05) is 31.5 Å². The number of carbonyl (C=O) groups is 4. The van der Waals surface area contributed by atoms with Gasteiger partial charge in [-0.25, -0.2) is 4.79 Å². The highest BCUT2D eigenvalue weighted by atomic mass is 16.5. The van der Waals surface area contributed by atoms with Crippen molar-refractivity contribution in [3.63, 3.8) is 0 Å². The fourth-order valence-corrected chi connectivity index (χ4v) is 3.59. The molecular formula is C23H34N4O5. The van der Waals surface area contributed by atoms with E-state index in [1.807, 2.05) is 52.0 Å². The van der Waals surface area contributed by atoms with Crippen molar-refractivity contribution < 1.29 is 23.9 Å². The van der Waals surface area contributed by atoms with E-state index in [4.69, 9.17) is 4.74 Å². The van der Waals surface area contributed by atoms with Gasteiger partial charge in [-0.3, -0.25) is 14.4 Å². The van der Waals surface area contributed by atoms with Crippen molar-refractivity contribution in [1.82, 2.24) is 20.4 Å². The summed E-state index contributed by atoms with van der Waals surface area (Å²) in [6, 6.07) is 5.93. The normalized spacial score (nSPS) is 17.0. The molecule has 4 amide bonds. The quantitative estimate of drug-likeness (QED) is 0.618. The first-order valence-electron chi connectivity index (χ1n) is 11.0. The number of ether oxygens (including phenoxy) is 1. The number of esters is 1. The Morgan fingerprint density at radius 1 is 1.12 bits per heavy atom. The van der Waals surface area contributed by atoms with E-state index in [1.54, 1.807) is 16.7 Å². The molecule has 0 aromatic heterocycles. The Hall–Kier alpha value is -3.10. The number of piperazine rings is 1. The van der Waals surface area contributed by atoms with Crippen LogP contribution in [0.2, 0.25) is 0 Å². The number of aryl methyl sites for hydroxylation is 1. The number of urea groups is 1. The van der Waals surface area contributed by atoms with Gasteiger partial charge in [0.25, 0.3) is 5.91 Å². The largest absolute Gasteiger partial charge is 0.465 e. The minimum absolute atomic E-state index is 0.0542. The molecule has 1 heterocycles. The summed E-state index contributed by atoms with van der Waals surface area (Å²) < 4.78 is 4.78. The summed E-state index contributed by atoms with van der Waals surface area (Å²) in [5.41, 5.74) is 1.71. The van der Waals surface area contributed by atoms with Crippen LogP contribution in [0.4, 0.5) is 4.79 Å². The van der Waals surface area contributed by atoms with Gasteiger partial charge in [-0.05, 0) is 38.8 Å². The maximum Gasteiger partial charge on any atom is 0.325 e. The SMILES string of the molecule is CCOC(=O)CNC(=O)NC(C(=O)N1CCN(C(=O)c2ccc(C)cc2)C(C)C1)C(C)C. The molecular weight excluding hydrogens is 412 g/mol. The van der Waals surface area contributed by atoms with E-state index in [2.05, 4.69) is 10.6 Å². The number of benzene rings is 1. The van der Waals surface area contributed by atoms with Gasteiger partial charge >= 0.3 is 12.0 Å². The molecule has 2 rings (SSSR count). The van der Waals surface area contributed by atoms with Crippen molar-refractivity contribution in [3.05, 3.63) is 35.4 Å². The second-order valence-corrected chi connectivity index (χ2v) is 8.35. The summed E-state index contributed by atoms with van der Waals surface area (Å²) in [4.78, 5) is 53.1. The van der Waals surface area contributed by atoms with E-state index >= 15 is 0 Å². The number of rotatable bonds is 7. The average molecular weight is 447 g/mol. The fraction of sp³-hybridized carbons (Fsp3) is 0.565. The van der Waals surface area contributed by atoms with Crippen LogP contribution < -0.4 is 10.6 Å². The molecule has 1 aromatic carbocycles. The van der Waals surface area contributed by atoms with Crippen LogP contribution in [-0.2, 0) is 14.3 Å². The van der Waals surface area contributed by atoms with Gasteiger partial charge in [0.05, 0.1) is 6.61 Å². The lowest BCUT2D eigenvalue weighted by Crippen LogP contribution is -2.60. The number of hydrogen-bond acceptors (Lipinski definition) is 5. The van der Waals surface area contributed by atoms with Gasteiger partial charge < -0.3 is 25.2 Å². The summed E-state index contributed by atoms with van der Waals surface area (Å²) >= 11 is 0. The maximum absolute atomic E-state index is 13.1. The van der Waals surface area contributed by atoms with Gasteiger partial charge in [-0.15, -0.1) is 0 Å². The summed E-state index contributed by atoms with van der Waals surface area (Å²) in [6.07, 6.45) is 0. The third-order valence-corrected chi connectivity index (χ3v) is 5.42. The molecule has 1 saturated heterocycles. The predicted octanol–water partition coefficient (Wildman–Crippen LogP) is 1.55. The predicted molar refractivity (Wildman–Crippen MR) is 120 cm³/mol. The van der Waals surface area contributed by atoms with Crippen molar-refractivity contribution in [3.8, 4) is 0 Å². The lowest BCUT2D eigenvalue weighted by molar-refractivity contribution is -0.141. The lowest BCUT2D eigenvalue weighted by Gasteiger charge is -2.41. The Bertz CT molecular complexity index is 824. The van der Waals surface area contributed by atoms with Crippen molar-refractivity contribution in [2.75, 3.05) is 32.8 Å². The van der Waals surface area contributed by atoms with E-state index in [1.165, 1.54) is 0 Å². The first-order valence-corrected chi connectivity index (χ1v) is 11.0.